The predicted molar refractivity (Wildman–Crippen MR) is 85.2 cm³/mol. The Balaban J connectivity index is 1.72. The second kappa shape index (κ2) is 4.38. The molecule has 1 heteroatoms. The first-order chi connectivity index (χ1) is 9.79. The molecule has 1 unspecified atom stereocenters. The Labute approximate surface area is 119 Å². The summed E-state index contributed by atoms with van der Waals surface area (Å²) in [6, 6.07) is 22.4. The third-order valence-corrected chi connectivity index (χ3v) is 4.21. The van der Waals surface area contributed by atoms with Crippen LogP contribution in [0.4, 0.5) is 5.69 Å². The zero-order valence-electron chi connectivity index (χ0n) is 11.6. The van der Waals surface area contributed by atoms with Crippen molar-refractivity contribution in [3.05, 3.63) is 77.4 Å². The molecule has 0 spiro atoms. The highest BCUT2D eigenvalue weighted by Gasteiger charge is 2.22. The molecule has 1 aliphatic rings. The Morgan fingerprint density at radius 1 is 0.900 bits per heavy atom. The maximum Gasteiger partial charge on any atom is 0.0555 e. The predicted octanol–water partition coefficient (Wildman–Crippen LogP) is 4.86. The summed E-state index contributed by atoms with van der Waals surface area (Å²) in [5.41, 5.74) is 5.40. The standard InChI is InChI=1S/C19H17N/c1-13-6-8-14(9-7-13)18-12-17-10-15-4-2-3-5-16(15)11-19(17)20-18/h2-11,18,20H,12H2,1H3. The minimum absolute atomic E-state index is 0.405. The van der Waals surface area contributed by atoms with Gasteiger partial charge in [0.05, 0.1) is 6.04 Å². The highest BCUT2D eigenvalue weighted by atomic mass is 14.9. The van der Waals surface area contributed by atoms with Gasteiger partial charge in [0.2, 0.25) is 0 Å². The SMILES string of the molecule is Cc1ccc(C2Cc3cc4ccccc4cc3N2)cc1. The molecule has 1 N–H and O–H groups in total. The van der Waals surface area contributed by atoms with Gasteiger partial charge in [0.1, 0.15) is 0 Å². The zero-order valence-corrected chi connectivity index (χ0v) is 11.6. The molecular weight excluding hydrogens is 242 g/mol. The first kappa shape index (κ1) is 11.5. The number of anilines is 1. The van der Waals surface area contributed by atoms with Crippen molar-refractivity contribution >= 4 is 16.5 Å². The lowest BCUT2D eigenvalue weighted by Gasteiger charge is -2.11. The van der Waals surface area contributed by atoms with E-state index in [0.29, 0.717) is 6.04 Å². The molecule has 0 amide bonds. The summed E-state index contributed by atoms with van der Waals surface area (Å²) >= 11 is 0. The second-order valence-corrected chi connectivity index (χ2v) is 5.67. The van der Waals surface area contributed by atoms with Gasteiger partial charge in [0, 0.05) is 5.69 Å². The van der Waals surface area contributed by atoms with Crippen molar-refractivity contribution in [1.82, 2.24) is 0 Å². The molecule has 0 saturated carbocycles. The van der Waals surface area contributed by atoms with E-state index in [2.05, 4.69) is 72.9 Å². The van der Waals surface area contributed by atoms with Crippen LogP contribution in [0.3, 0.4) is 0 Å². The Hall–Kier alpha value is -2.28. The van der Waals surface area contributed by atoms with Crippen molar-refractivity contribution < 1.29 is 0 Å². The number of fused-ring (bicyclic) bond motifs is 2. The topological polar surface area (TPSA) is 12.0 Å². The van der Waals surface area contributed by atoms with Crippen LogP contribution >= 0.6 is 0 Å². The molecule has 1 heterocycles. The van der Waals surface area contributed by atoms with E-state index in [1.807, 2.05) is 0 Å². The molecule has 0 saturated heterocycles. The first-order valence-corrected chi connectivity index (χ1v) is 7.14. The largest absolute Gasteiger partial charge is 0.378 e. The Bertz CT molecular complexity index is 727. The van der Waals surface area contributed by atoms with Crippen LogP contribution in [0, 0.1) is 6.92 Å². The van der Waals surface area contributed by atoms with Gasteiger partial charge in [0.25, 0.3) is 0 Å². The summed E-state index contributed by atoms with van der Waals surface area (Å²) < 4.78 is 0. The fourth-order valence-corrected chi connectivity index (χ4v) is 3.05. The van der Waals surface area contributed by atoms with E-state index in [9.17, 15) is 0 Å². The van der Waals surface area contributed by atoms with E-state index in [1.54, 1.807) is 0 Å². The highest BCUT2D eigenvalue weighted by Crippen LogP contribution is 2.36. The van der Waals surface area contributed by atoms with E-state index in [1.165, 1.54) is 33.2 Å². The molecule has 0 fully saturated rings. The second-order valence-electron chi connectivity index (χ2n) is 5.67. The Kier molecular flexibility index (Phi) is 2.53. The highest BCUT2D eigenvalue weighted by molar-refractivity contribution is 5.88. The van der Waals surface area contributed by atoms with Crippen LogP contribution in [0.15, 0.2) is 60.7 Å². The van der Waals surface area contributed by atoms with Gasteiger partial charge in [-0.3, -0.25) is 0 Å². The molecular formula is C19H17N. The fraction of sp³-hybridized carbons (Fsp3) is 0.158. The molecule has 0 aromatic heterocycles. The Morgan fingerprint density at radius 3 is 2.35 bits per heavy atom. The number of hydrogen-bond acceptors (Lipinski definition) is 1. The number of hydrogen-bond donors (Lipinski definition) is 1. The lowest BCUT2D eigenvalue weighted by atomic mass is 10.0. The van der Waals surface area contributed by atoms with Gasteiger partial charge in [-0.1, -0.05) is 54.1 Å². The maximum absolute atomic E-state index is 3.66. The first-order valence-electron chi connectivity index (χ1n) is 7.14. The van der Waals surface area contributed by atoms with E-state index in [-0.39, 0.29) is 0 Å². The molecule has 0 aliphatic carbocycles. The molecule has 1 aliphatic heterocycles. The number of rotatable bonds is 1. The minimum Gasteiger partial charge on any atom is -0.378 e. The van der Waals surface area contributed by atoms with Crippen molar-refractivity contribution in [2.24, 2.45) is 0 Å². The van der Waals surface area contributed by atoms with Crippen LogP contribution in [-0.2, 0) is 6.42 Å². The number of nitrogens with one attached hydrogen (secondary N) is 1. The van der Waals surface area contributed by atoms with Gasteiger partial charge < -0.3 is 5.32 Å². The third-order valence-electron chi connectivity index (χ3n) is 4.21. The van der Waals surface area contributed by atoms with Crippen molar-refractivity contribution in [1.29, 1.82) is 0 Å². The summed E-state index contributed by atoms with van der Waals surface area (Å²) in [6.07, 6.45) is 1.07. The van der Waals surface area contributed by atoms with Gasteiger partial charge in [-0.25, -0.2) is 0 Å². The number of aryl methyl sites for hydroxylation is 1. The smallest absolute Gasteiger partial charge is 0.0555 e. The van der Waals surface area contributed by atoms with Crippen LogP contribution in [0.2, 0.25) is 0 Å². The monoisotopic (exact) mass is 259 g/mol. The molecule has 1 nitrogen and oxygen atoms in total. The average Bonchev–Trinajstić information content (AvgIpc) is 2.88. The maximum atomic E-state index is 3.66. The van der Waals surface area contributed by atoms with E-state index in [0.717, 1.165) is 6.42 Å². The van der Waals surface area contributed by atoms with Gasteiger partial charge in [0.15, 0.2) is 0 Å². The number of benzene rings is 3. The van der Waals surface area contributed by atoms with E-state index in [4.69, 9.17) is 0 Å². The van der Waals surface area contributed by atoms with Crippen molar-refractivity contribution in [2.45, 2.75) is 19.4 Å². The molecule has 98 valence electrons. The molecule has 0 radical (unpaired) electrons. The lowest BCUT2D eigenvalue weighted by molar-refractivity contribution is 0.824. The van der Waals surface area contributed by atoms with Crippen LogP contribution < -0.4 is 5.32 Å². The Morgan fingerprint density at radius 2 is 1.60 bits per heavy atom. The summed E-state index contributed by atoms with van der Waals surface area (Å²) in [6.45, 7) is 2.13. The van der Waals surface area contributed by atoms with Gasteiger partial charge >= 0.3 is 0 Å². The van der Waals surface area contributed by atoms with Crippen molar-refractivity contribution in [2.75, 3.05) is 5.32 Å². The van der Waals surface area contributed by atoms with Crippen LogP contribution in [-0.4, -0.2) is 0 Å². The quantitative estimate of drug-likeness (QED) is 0.658. The summed E-state index contributed by atoms with van der Waals surface area (Å²) in [5.74, 6) is 0. The summed E-state index contributed by atoms with van der Waals surface area (Å²) in [4.78, 5) is 0. The summed E-state index contributed by atoms with van der Waals surface area (Å²) in [5, 5.41) is 6.30. The van der Waals surface area contributed by atoms with E-state index < -0.39 is 0 Å². The van der Waals surface area contributed by atoms with Crippen molar-refractivity contribution in [3.8, 4) is 0 Å². The molecule has 20 heavy (non-hydrogen) atoms. The summed E-state index contributed by atoms with van der Waals surface area (Å²) in [7, 11) is 0. The van der Waals surface area contributed by atoms with E-state index >= 15 is 0 Å². The minimum atomic E-state index is 0.405. The average molecular weight is 259 g/mol. The van der Waals surface area contributed by atoms with Crippen LogP contribution in [0.5, 0.6) is 0 Å². The van der Waals surface area contributed by atoms with Gasteiger partial charge in [-0.05, 0) is 47.4 Å². The van der Waals surface area contributed by atoms with Gasteiger partial charge in [-0.2, -0.15) is 0 Å². The lowest BCUT2D eigenvalue weighted by Crippen LogP contribution is -2.05. The molecule has 3 aromatic rings. The molecule has 1 atom stereocenters. The molecule has 3 aromatic carbocycles. The molecule has 0 bridgehead atoms. The fourth-order valence-electron chi connectivity index (χ4n) is 3.05. The third kappa shape index (κ3) is 1.87. The molecule has 4 rings (SSSR count). The normalized spacial score (nSPS) is 16.9. The van der Waals surface area contributed by atoms with Crippen molar-refractivity contribution in [3.63, 3.8) is 0 Å². The van der Waals surface area contributed by atoms with Gasteiger partial charge in [-0.15, -0.1) is 0 Å². The zero-order chi connectivity index (χ0) is 13.5. The van der Waals surface area contributed by atoms with Crippen LogP contribution in [0.1, 0.15) is 22.7 Å². The van der Waals surface area contributed by atoms with Crippen LogP contribution in [0.25, 0.3) is 10.8 Å².